The van der Waals surface area contributed by atoms with Crippen LogP contribution in [0.15, 0.2) is 41.5 Å². The van der Waals surface area contributed by atoms with Gasteiger partial charge in [-0.1, -0.05) is 37.5 Å². The molecule has 1 fully saturated rings. The van der Waals surface area contributed by atoms with Gasteiger partial charge in [0.25, 0.3) is 0 Å². The summed E-state index contributed by atoms with van der Waals surface area (Å²) in [6.07, 6.45) is 8.03. The van der Waals surface area contributed by atoms with Gasteiger partial charge < -0.3 is 15.5 Å². The molecule has 156 valence electrons. The molecular formula is C22H32N6O. The maximum atomic E-state index is 12.0. The molecule has 2 N–H and O–H groups in total. The third-order valence-electron chi connectivity index (χ3n) is 5.22. The molecule has 3 rings (SSSR count). The molecule has 0 atom stereocenters. The molecule has 2 aromatic rings. The monoisotopic (exact) mass is 396 g/mol. The smallest absolute Gasteiger partial charge is 0.241 e. The van der Waals surface area contributed by atoms with Gasteiger partial charge in [0.2, 0.25) is 5.91 Å². The Kier molecular flexibility index (Phi) is 7.27. The highest BCUT2D eigenvalue weighted by atomic mass is 16.2. The van der Waals surface area contributed by atoms with E-state index in [4.69, 9.17) is 4.99 Å². The lowest BCUT2D eigenvalue weighted by atomic mass is 9.96. The topological polar surface area (TPSA) is 74.6 Å². The highest BCUT2D eigenvalue weighted by molar-refractivity contribution is 5.86. The summed E-state index contributed by atoms with van der Waals surface area (Å²) in [5, 5.41) is 11.3. The number of aryl methyl sites for hydroxylation is 1. The van der Waals surface area contributed by atoms with Crippen molar-refractivity contribution < 1.29 is 4.79 Å². The van der Waals surface area contributed by atoms with Crippen LogP contribution in [0.3, 0.4) is 0 Å². The molecule has 1 amide bonds. The van der Waals surface area contributed by atoms with Crippen molar-refractivity contribution in [2.75, 3.05) is 20.6 Å². The first-order valence-corrected chi connectivity index (χ1v) is 10.4. The molecule has 29 heavy (non-hydrogen) atoms. The Morgan fingerprint density at radius 2 is 1.97 bits per heavy atom. The predicted molar refractivity (Wildman–Crippen MR) is 116 cm³/mol. The van der Waals surface area contributed by atoms with Crippen LogP contribution in [0.4, 0.5) is 0 Å². The molecule has 1 aromatic carbocycles. The van der Waals surface area contributed by atoms with Gasteiger partial charge in [0, 0.05) is 26.3 Å². The van der Waals surface area contributed by atoms with E-state index in [1.165, 1.54) is 19.3 Å². The number of guanidine groups is 1. The largest absolute Gasteiger partial charge is 0.354 e. The summed E-state index contributed by atoms with van der Waals surface area (Å²) in [4.78, 5) is 18.4. The quantitative estimate of drug-likeness (QED) is 0.581. The predicted octanol–water partition coefficient (Wildman–Crippen LogP) is 2.64. The Labute approximate surface area is 173 Å². The molecule has 1 aliphatic carbocycles. The van der Waals surface area contributed by atoms with Crippen molar-refractivity contribution in [2.24, 2.45) is 4.99 Å². The number of benzene rings is 1. The van der Waals surface area contributed by atoms with Crippen LogP contribution >= 0.6 is 0 Å². The molecule has 0 saturated heterocycles. The molecule has 0 spiro atoms. The molecular weight excluding hydrogens is 364 g/mol. The number of nitrogens with zero attached hydrogens (tertiary/aromatic N) is 4. The summed E-state index contributed by atoms with van der Waals surface area (Å²) in [5.74, 6) is 0.717. The molecule has 7 heteroatoms. The van der Waals surface area contributed by atoms with Crippen molar-refractivity contribution in [3.05, 3.63) is 47.8 Å². The Balaban J connectivity index is 1.75. The van der Waals surface area contributed by atoms with Crippen molar-refractivity contribution in [3.63, 3.8) is 0 Å². The summed E-state index contributed by atoms with van der Waals surface area (Å²) >= 11 is 0. The molecule has 0 unspecified atom stereocenters. The lowest BCUT2D eigenvalue weighted by molar-refractivity contribution is -0.127. The number of para-hydroxylation sites is 1. The van der Waals surface area contributed by atoms with E-state index in [9.17, 15) is 4.79 Å². The Hall–Kier alpha value is -2.83. The Bertz CT molecular complexity index is 835. The third kappa shape index (κ3) is 6.07. The zero-order valence-electron chi connectivity index (χ0n) is 17.7. The molecule has 0 aliphatic heterocycles. The highest BCUT2D eigenvalue weighted by Crippen LogP contribution is 2.18. The maximum absolute atomic E-state index is 12.0. The van der Waals surface area contributed by atoms with Crippen LogP contribution in [0.5, 0.6) is 0 Å². The van der Waals surface area contributed by atoms with Gasteiger partial charge in [0.15, 0.2) is 5.96 Å². The standard InChI is InChI=1S/C22H32N6O/c1-17-13-14-28(26-17)20-12-8-7-9-18(20)15-23-22(24-16-21(29)27(2)3)25-19-10-5-4-6-11-19/h7-9,12-14,19H,4-6,10-11,15-16H2,1-3H3,(H2,23,24,25). The fourth-order valence-corrected chi connectivity index (χ4v) is 3.49. The van der Waals surface area contributed by atoms with Gasteiger partial charge >= 0.3 is 0 Å². The number of hydrogen-bond donors (Lipinski definition) is 2. The van der Waals surface area contributed by atoms with E-state index >= 15 is 0 Å². The summed E-state index contributed by atoms with van der Waals surface area (Å²) in [6.45, 7) is 2.72. The van der Waals surface area contributed by atoms with Gasteiger partial charge in [-0.15, -0.1) is 0 Å². The summed E-state index contributed by atoms with van der Waals surface area (Å²) in [5.41, 5.74) is 3.08. The summed E-state index contributed by atoms with van der Waals surface area (Å²) in [6, 6.07) is 10.5. The summed E-state index contributed by atoms with van der Waals surface area (Å²) < 4.78 is 1.89. The van der Waals surface area contributed by atoms with Crippen LogP contribution in [0.1, 0.15) is 43.4 Å². The van der Waals surface area contributed by atoms with E-state index in [0.29, 0.717) is 18.5 Å². The van der Waals surface area contributed by atoms with Crippen molar-refractivity contribution in [1.29, 1.82) is 0 Å². The second-order valence-corrected chi connectivity index (χ2v) is 7.82. The van der Waals surface area contributed by atoms with Gasteiger partial charge in [0.05, 0.1) is 24.5 Å². The average Bonchev–Trinajstić information content (AvgIpc) is 3.16. The second kappa shape index (κ2) is 10.1. The molecule has 1 aromatic heterocycles. The first-order chi connectivity index (χ1) is 14.0. The minimum atomic E-state index is 0.0237. The number of carbonyl (C=O) groups excluding carboxylic acids is 1. The number of likely N-dealkylation sites (N-methyl/N-ethyl adjacent to an activating group) is 1. The van der Waals surface area contributed by atoms with Crippen LogP contribution < -0.4 is 10.6 Å². The first-order valence-electron chi connectivity index (χ1n) is 10.4. The molecule has 1 saturated carbocycles. The van der Waals surface area contributed by atoms with Gasteiger partial charge in [-0.05, 0) is 37.5 Å². The molecule has 1 heterocycles. The number of hydrogen-bond acceptors (Lipinski definition) is 3. The molecule has 1 aliphatic rings. The lowest BCUT2D eigenvalue weighted by Crippen LogP contribution is -2.47. The van der Waals surface area contributed by atoms with Gasteiger partial charge in [-0.3, -0.25) is 4.79 Å². The minimum absolute atomic E-state index is 0.0237. The van der Waals surface area contributed by atoms with Gasteiger partial charge in [-0.25, -0.2) is 9.67 Å². The van der Waals surface area contributed by atoms with Crippen molar-refractivity contribution >= 4 is 11.9 Å². The number of nitrogens with one attached hydrogen (secondary N) is 2. The molecule has 0 bridgehead atoms. The van der Waals surface area contributed by atoms with E-state index in [-0.39, 0.29) is 12.5 Å². The van der Waals surface area contributed by atoms with Crippen LogP contribution in [0.2, 0.25) is 0 Å². The minimum Gasteiger partial charge on any atom is -0.354 e. The zero-order chi connectivity index (χ0) is 20.6. The van der Waals surface area contributed by atoms with E-state index in [1.807, 2.05) is 36.0 Å². The maximum Gasteiger partial charge on any atom is 0.241 e. The normalized spacial score (nSPS) is 15.2. The van der Waals surface area contributed by atoms with Crippen molar-refractivity contribution in [1.82, 2.24) is 25.3 Å². The summed E-state index contributed by atoms with van der Waals surface area (Å²) in [7, 11) is 3.52. The second-order valence-electron chi connectivity index (χ2n) is 7.82. The zero-order valence-corrected chi connectivity index (χ0v) is 17.7. The van der Waals surface area contributed by atoms with Crippen molar-refractivity contribution in [3.8, 4) is 5.69 Å². The lowest BCUT2D eigenvalue weighted by Gasteiger charge is -2.25. The van der Waals surface area contributed by atoms with Crippen LogP contribution in [0.25, 0.3) is 5.69 Å². The number of aliphatic imine (C=N–C) groups is 1. The van der Waals surface area contributed by atoms with E-state index < -0.39 is 0 Å². The fraction of sp³-hybridized carbons (Fsp3) is 0.500. The van der Waals surface area contributed by atoms with Crippen LogP contribution in [-0.2, 0) is 11.3 Å². The number of carbonyl (C=O) groups is 1. The Morgan fingerprint density at radius 3 is 2.66 bits per heavy atom. The van der Waals surface area contributed by atoms with Gasteiger partial charge in [0.1, 0.15) is 0 Å². The van der Waals surface area contributed by atoms with Gasteiger partial charge in [-0.2, -0.15) is 5.10 Å². The van der Waals surface area contributed by atoms with E-state index in [2.05, 4.69) is 27.9 Å². The first kappa shape index (κ1) is 20.9. The van der Waals surface area contributed by atoms with E-state index in [0.717, 1.165) is 29.8 Å². The number of aromatic nitrogens is 2. The highest BCUT2D eigenvalue weighted by Gasteiger charge is 2.16. The Morgan fingerprint density at radius 1 is 1.21 bits per heavy atom. The molecule has 0 radical (unpaired) electrons. The fourth-order valence-electron chi connectivity index (χ4n) is 3.49. The average molecular weight is 397 g/mol. The number of amides is 1. The number of rotatable bonds is 6. The van der Waals surface area contributed by atoms with Crippen LogP contribution in [-0.4, -0.2) is 53.2 Å². The third-order valence-corrected chi connectivity index (χ3v) is 5.22. The van der Waals surface area contributed by atoms with Crippen molar-refractivity contribution in [2.45, 2.75) is 51.6 Å². The SMILES string of the molecule is Cc1ccn(-c2ccccc2CN=C(NCC(=O)N(C)C)NC2CCCCC2)n1. The van der Waals surface area contributed by atoms with E-state index in [1.54, 1.807) is 19.0 Å². The van der Waals surface area contributed by atoms with Crippen LogP contribution in [0, 0.1) is 6.92 Å². The molecule has 7 nitrogen and oxygen atoms in total.